The van der Waals surface area contributed by atoms with E-state index in [2.05, 4.69) is 21.2 Å². The molecule has 2 aliphatic rings. The number of carbonyl (C=O) groups excluding carboxylic acids is 2. The monoisotopic (exact) mass is 390 g/mol. The first kappa shape index (κ1) is 18.7. The van der Waals surface area contributed by atoms with Gasteiger partial charge >= 0.3 is 0 Å². The third-order valence-electron chi connectivity index (χ3n) is 4.51. The number of allylic oxidation sites excluding steroid dienone is 3. The Labute approximate surface area is 159 Å². The van der Waals surface area contributed by atoms with E-state index in [1.807, 2.05) is 32.9 Å². The largest absolute Gasteiger partial charge is 0.336 e. The van der Waals surface area contributed by atoms with Gasteiger partial charge in [0.1, 0.15) is 22.8 Å². The normalized spacial score (nSPS) is 26.2. The lowest BCUT2D eigenvalue weighted by atomic mass is 10.0. The van der Waals surface area contributed by atoms with Gasteiger partial charge in [-0.3, -0.25) is 19.5 Å². The molecular formula is C18H22N4O2S2. The highest BCUT2D eigenvalue weighted by Gasteiger charge is 2.52. The van der Waals surface area contributed by atoms with Gasteiger partial charge in [0.2, 0.25) is 0 Å². The molecular weight excluding hydrogens is 368 g/mol. The maximum absolute atomic E-state index is 12.7. The number of amides is 2. The number of nitrogens with zero attached hydrogens (tertiary/aromatic N) is 3. The third kappa shape index (κ3) is 3.07. The van der Waals surface area contributed by atoms with Crippen LogP contribution in [0.1, 0.15) is 24.5 Å². The molecule has 6 nitrogen and oxygen atoms in total. The Kier molecular flexibility index (Phi) is 5.24. The Hall–Kier alpha value is -2.06. The fourth-order valence-corrected chi connectivity index (χ4v) is 5.83. The van der Waals surface area contributed by atoms with Crippen LogP contribution in [0.15, 0.2) is 33.8 Å². The van der Waals surface area contributed by atoms with Gasteiger partial charge in [0.25, 0.3) is 11.8 Å². The molecule has 2 aliphatic heterocycles. The van der Waals surface area contributed by atoms with Gasteiger partial charge in [-0.15, -0.1) is 11.3 Å². The van der Waals surface area contributed by atoms with Crippen molar-refractivity contribution in [1.82, 2.24) is 15.2 Å². The van der Waals surface area contributed by atoms with E-state index in [1.165, 1.54) is 11.3 Å². The minimum absolute atomic E-state index is 0.0873. The number of hydrogen-bond donors (Lipinski definition) is 1. The van der Waals surface area contributed by atoms with E-state index in [-0.39, 0.29) is 33.4 Å². The number of aromatic nitrogens is 1. The van der Waals surface area contributed by atoms with E-state index in [4.69, 9.17) is 0 Å². The second kappa shape index (κ2) is 7.28. The van der Waals surface area contributed by atoms with Gasteiger partial charge in [0.15, 0.2) is 0 Å². The lowest BCUT2D eigenvalue weighted by Gasteiger charge is -2.51. The second-order valence-corrected chi connectivity index (χ2v) is 9.08. The van der Waals surface area contributed by atoms with Crippen LogP contribution in [0.3, 0.4) is 0 Å². The van der Waals surface area contributed by atoms with Gasteiger partial charge in [-0.1, -0.05) is 18.0 Å². The van der Waals surface area contributed by atoms with Crippen LogP contribution in [0.2, 0.25) is 0 Å². The first-order valence-corrected chi connectivity index (χ1v) is 10.7. The molecule has 1 aromatic rings. The van der Waals surface area contributed by atoms with Crippen LogP contribution in [0, 0.1) is 6.92 Å². The molecule has 1 N–H and O–H groups in total. The quantitative estimate of drug-likeness (QED) is 0.486. The van der Waals surface area contributed by atoms with Gasteiger partial charge in [-0.05, 0) is 26.3 Å². The Morgan fingerprint density at radius 3 is 2.85 bits per heavy atom. The van der Waals surface area contributed by atoms with E-state index in [1.54, 1.807) is 17.3 Å². The van der Waals surface area contributed by atoms with E-state index in [9.17, 15) is 9.59 Å². The van der Waals surface area contributed by atoms with Crippen molar-refractivity contribution in [3.8, 4) is 0 Å². The van der Waals surface area contributed by atoms with E-state index < -0.39 is 6.04 Å². The molecule has 138 valence electrons. The van der Waals surface area contributed by atoms with Gasteiger partial charge in [-0.25, -0.2) is 4.98 Å². The van der Waals surface area contributed by atoms with Crippen LogP contribution >= 0.6 is 21.8 Å². The number of β-lactam (4-membered cyclic amide) rings is 1. The van der Waals surface area contributed by atoms with Crippen molar-refractivity contribution >= 4 is 45.2 Å². The zero-order chi connectivity index (χ0) is 19.0. The number of aliphatic imine (C=N–C) groups is 1. The van der Waals surface area contributed by atoms with Crippen LogP contribution in [-0.4, -0.2) is 57.5 Å². The molecule has 8 heteroatoms. The molecule has 3 rings (SSSR count). The van der Waals surface area contributed by atoms with Crippen molar-refractivity contribution in [3.05, 3.63) is 39.5 Å². The summed E-state index contributed by atoms with van der Waals surface area (Å²) in [5.74, 6) is 4.60. The molecule has 0 spiro atoms. The molecule has 0 aromatic carbocycles. The number of aryl methyl sites for hydroxylation is 1. The first-order valence-electron chi connectivity index (χ1n) is 8.24. The number of rotatable bonds is 4. The summed E-state index contributed by atoms with van der Waals surface area (Å²) in [4.78, 5) is 35.5. The van der Waals surface area contributed by atoms with Crippen LogP contribution in [0.25, 0.3) is 0 Å². The molecule has 2 amide bonds. The van der Waals surface area contributed by atoms with Crippen molar-refractivity contribution in [2.24, 2.45) is 4.99 Å². The predicted molar refractivity (Wildman–Crippen MR) is 109 cm³/mol. The molecule has 3 unspecified atom stereocenters. The standard InChI is InChI=1S/C18H22N4O2S2/c1-6-7-12-9-26(5)18-15(17(24)22(18)10(12)2)21-16(23)14(19-4)13-8-25-11(3)20-13/h6-8,15,18H,5,9H2,1-4H3,(H,21,23). The van der Waals surface area contributed by atoms with Crippen molar-refractivity contribution in [2.45, 2.75) is 32.2 Å². The fourth-order valence-electron chi connectivity index (χ4n) is 3.22. The molecule has 0 bridgehead atoms. The summed E-state index contributed by atoms with van der Waals surface area (Å²) in [6, 6.07) is -0.554. The Morgan fingerprint density at radius 2 is 2.27 bits per heavy atom. The first-order chi connectivity index (χ1) is 12.4. The smallest absolute Gasteiger partial charge is 0.272 e. The predicted octanol–water partition coefficient (Wildman–Crippen LogP) is 2.09. The molecule has 1 aromatic heterocycles. The van der Waals surface area contributed by atoms with Crippen LogP contribution in [0.4, 0.5) is 0 Å². The summed E-state index contributed by atoms with van der Waals surface area (Å²) in [6.07, 6.45) is 4.00. The maximum atomic E-state index is 12.7. The van der Waals surface area contributed by atoms with Gasteiger partial charge in [0.05, 0.1) is 5.01 Å². The summed E-state index contributed by atoms with van der Waals surface area (Å²) in [7, 11) is 1.28. The SMILES string of the molecule is C=S1CC(C=CC)=C(C)N2C(=O)C(NC(=O)C(=NC)c3csc(C)n3)C21. The lowest BCUT2D eigenvalue weighted by Crippen LogP contribution is -2.70. The molecule has 0 aliphatic carbocycles. The van der Waals surface area contributed by atoms with E-state index in [0.717, 1.165) is 22.0 Å². The average molecular weight is 391 g/mol. The van der Waals surface area contributed by atoms with Gasteiger partial charge in [-0.2, -0.15) is 10.5 Å². The number of fused-ring (bicyclic) bond motifs is 1. The maximum Gasteiger partial charge on any atom is 0.272 e. The number of nitrogens with one attached hydrogen (secondary N) is 1. The van der Waals surface area contributed by atoms with Crippen molar-refractivity contribution in [3.63, 3.8) is 0 Å². The Morgan fingerprint density at radius 1 is 1.54 bits per heavy atom. The van der Waals surface area contributed by atoms with E-state index >= 15 is 0 Å². The summed E-state index contributed by atoms with van der Waals surface area (Å²) >= 11 is 1.46. The molecule has 0 radical (unpaired) electrons. The second-order valence-electron chi connectivity index (χ2n) is 6.17. The molecule has 1 saturated heterocycles. The van der Waals surface area contributed by atoms with Crippen molar-refractivity contribution in [1.29, 1.82) is 0 Å². The third-order valence-corrected chi connectivity index (χ3v) is 7.13. The fraction of sp³-hybridized carbons (Fsp3) is 0.389. The Balaban J connectivity index is 1.79. The lowest BCUT2D eigenvalue weighted by molar-refractivity contribution is -0.144. The topological polar surface area (TPSA) is 74.7 Å². The summed E-state index contributed by atoms with van der Waals surface area (Å²) < 4.78 is 0. The molecule has 3 heterocycles. The Bertz CT molecular complexity index is 882. The van der Waals surface area contributed by atoms with Crippen molar-refractivity contribution < 1.29 is 9.59 Å². The zero-order valence-corrected chi connectivity index (χ0v) is 16.9. The van der Waals surface area contributed by atoms with Crippen LogP contribution < -0.4 is 5.32 Å². The van der Waals surface area contributed by atoms with Gasteiger partial charge < -0.3 is 5.32 Å². The van der Waals surface area contributed by atoms with E-state index in [0.29, 0.717) is 5.69 Å². The molecule has 0 saturated carbocycles. The van der Waals surface area contributed by atoms with Crippen LogP contribution in [0.5, 0.6) is 0 Å². The number of hydrogen-bond acceptors (Lipinski definition) is 5. The summed E-state index contributed by atoms with van der Waals surface area (Å²) in [5, 5.41) is 5.43. The molecule has 26 heavy (non-hydrogen) atoms. The average Bonchev–Trinajstić information content (AvgIpc) is 3.02. The van der Waals surface area contributed by atoms with Crippen LogP contribution in [-0.2, 0) is 9.59 Å². The minimum atomic E-state index is -0.554. The zero-order valence-electron chi connectivity index (χ0n) is 15.3. The highest BCUT2D eigenvalue weighted by atomic mass is 32.2. The highest BCUT2D eigenvalue weighted by Crippen LogP contribution is 2.43. The highest BCUT2D eigenvalue weighted by molar-refractivity contribution is 8.15. The summed E-state index contributed by atoms with van der Waals surface area (Å²) in [6.45, 7) is 5.78. The molecule has 1 fully saturated rings. The minimum Gasteiger partial charge on any atom is -0.336 e. The molecule has 3 atom stereocenters. The number of carbonyl (C=O) groups is 2. The van der Waals surface area contributed by atoms with Crippen molar-refractivity contribution in [2.75, 3.05) is 12.8 Å². The van der Waals surface area contributed by atoms with Gasteiger partial charge in [0, 0.05) is 23.9 Å². The summed E-state index contributed by atoms with van der Waals surface area (Å²) in [5.41, 5.74) is 2.88. The number of thiazole rings is 1.